The van der Waals surface area contributed by atoms with Crippen LogP contribution >= 0.6 is 0 Å². The van der Waals surface area contributed by atoms with E-state index in [1.807, 2.05) is 18.2 Å². The summed E-state index contributed by atoms with van der Waals surface area (Å²) in [6, 6.07) is 10.6. The first-order valence-corrected chi connectivity index (χ1v) is 15.6. The summed E-state index contributed by atoms with van der Waals surface area (Å²) in [5.41, 5.74) is 4.01. The summed E-state index contributed by atoms with van der Waals surface area (Å²) < 4.78 is 41.8. The molecule has 3 heterocycles. The van der Waals surface area contributed by atoms with Crippen molar-refractivity contribution in [2.45, 2.75) is 76.7 Å². The highest BCUT2D eigenvalue weighted by Gasteiger charge is 2.32. The molecule has 1 saturated carbocycles. The van der Waals surface area contributed by atoms with Crippen LogP contribution in [-0.2, 0) is 25.7 Å². The molecule has 2 aliphatic heterocycles. The molecule has 1 aliphatic carbocycles. The average molecular weight is 592 g/mol. The third-order valence-corrected chi connectivity index (χ3v) is 9.41. The molecule has 9 heteroatoms. The minimum Gasteiger partial charge on any atom is -0.364 e. The van der Waals surface area contributed by atoms with Crippen LogP contribution in [0.5, 0.6) is 0 Å². The third kappa shape index (κ3) is 7.10. The van der Waals surface area contributed by atoms with Crippen LogP contribution in [0.3, 0.4) is 0 Å². The molecule has 0 N–H and O–H groups in total. The highest BCUT2D eigenvalue weighted by Crippen LogP contribution is 2.33. The van der Waals surface area contributed by atoms with E-state index in [-0.39, 0.29) is 18.1 Å². The number of Topliss-reactive ketones (excluding diaryl/α,β-unsaturated/α-hetero) is 1. The largest absolute Gasteiger partial charge is 0.416 e. The number of hydrogen-bond donors (Lipinski definition) is 0. The molecule has 6 rings (SSSR count). The number of anilines is 1. The van der Waals surface area contributed by atoms with Gasteiger partial charge in [-0.25, -0.2) is 9.97 Å². The molecule has 0 radical (unpaired) electrons. The number of benzene rings is 2. The molecular formula is C34H40F3N5O. The number of alkyl halides is 3. The molecule has 3 aliphatic rings. The zero-order chi connectivity index (χ0) is 30.0. The lowest BCUT2D eigenvalue weighted by Gasteiger charge is -2.40. The summed E-state index contributed by atoms with van der Waals surface area (Å²) in [5, 5.41) is 0. The zero-order valence-electron chi connectivity index (χ0n) is 24.8. The number of ketones is 1. The van der Waals surface area contributed by atoms with E-state index in [0.717, 1.165) is 50.0 Å². The quantitative estimate of drug-likeness (QED) is 0.293. The van der Waals surface area contributed by atoms with Crippen LogP contribution in [0.1, 0.15) is 83.1 Å². The minimum atomic E-state index is -4.47. The summed E-state index contributed by atoms with van der Waals surface area (Å²) in [6.45, 7) is 7.66. The fourth-order valence-corrected chi connectivity index (χ4v) is 7.15. The van der Waals surface area contributed by atoms with Crippen molar-refractivity contribution < 1.29 is 18.0 Å². The van der Waals surface area contributed by atoms with Crippen molar-refractivity contribution in [1.29, 1.82) is 0 Å². The molecule has 1 aromatic heterocycles. The number of carbonyl (C=O) groups is 1. The van der Waals surface area contributed by atoms with Gasteiger partial charge >= 0.3 is 6.18 Å². The zero-order valence-corrected chi connectivity index (χ0v) is 24.8. The number of aromatic nitrogens is 2. The number of halogens is 3. The van der Waals surface area contributed by atoms with E-state index in [0.29, 0.717) is 35.8 Å². The van der Waals surface area contributed by atoms with Gasteiger partial charge in [0.25, 0.3) is 0 Å². The molecule has 1 saturated heterocycles. The Morgan fingerprint density at radius 2 is 1.65 bits per heavy atom. The van der Waals surface area contributed by atoms with Crippen LogP contribution in [0.15, 0.2) is 55.1 Å². The fraction of sp³-hybridized carbons (Fsp3) is 0.500. The van der Waals surface area contributed by atoms with E-state index in [9.17, 15) is 18.0 Å². The predicted octanol–water partition coefficient (Wildman–Crippen LogP) is 6.49. The molecule has 1 atom stereocenters. The summed E-state index contributed by atoms with van der Waals surface area (Å²) in [5.74, 6) is 0.0747. The Hall–Kier alpha value is -3.30. The van der Waals surface area contributed by atoms with E-state index >= 15 is 0 Å². The van der Waals surface area contributed by atoms with Gasteiger partial charge in [0.05, 0.1) is 23.6 Å². The van der Waals surface area contributed by atoms with E-state index < -0.39 is 11.7 Å². The maximum absolute atomic E-state index is 13.9. The van der Waals surface area contributed by atoms with Crippen molar-refractivity contribution in [1.82, 2.24) is 19.8 Å². The summed E-state index contributed by atoms with van der Waals surface area (Å²) in [4.78, 5) is 28.7. The lowest BCUT2D eigenvalue weighted by atomic mass is 9.88. The van der Waals surface area contributed by atoms with Gasteiger partial charge in [-0.15, -0.1) is 0 Å². The van der Waals surface area contributed by atoms with Gasteiger partial charge in [0.15, 0.2) is 5.78 Å². The summed E-state index contributed by atoms with van der Waals surface area (Å²) >= 11 is 0. The monoisotopic (exact) mass is 591 g/mol. The summed E-state index contributed by atoms with van der Waals surface area (Å²) in [7, 11) is 0. The lowest BCUT2D eigenvalue weighted by Crippen LogP contribution is -2.50. The van der Waals surface area contributed by atoms with Crippen LogP contribution < -0.4 is 4.90 Å². The number of piperazine rings is 1. The highest BCUT2D eigenvalue weighted by atomic mass is 19.4. The van der Waals surface area contributed by atoms with Gasteiger partial charge in [0.2, 0.25) is 0 Å². The smallest absolute Gasteiger partial charge is 0.364 e. The van der Waals surface area contributed by atoms with Crippen molar-refractivity contribution in [3.05, 3.63) is 88.5 Å². The number of hydrogen-bond acceptors (Lipinski definition) is 6. The Balaban J connectivity index is 1.15. The van der Waals surface area contributed by atoms with Gasteiger partial charge in [0.1, 0.15) is 6.33 Å². The Morgan fingerprint density at radius 1 is 0.930 bits per heavy atom. The number of nitrogens with zero attached hydrogens (tertiary/aromatic N) is 5. The van der Waals surface area contributed by atoms with Crippen LogP contribution in [0, 0.1) is 0 Å². The molecule has 6 nitrogen and oxygen atoms in total. The minimum absolute atomic E-state index is 0.0725. The van der Waals surface area contributed by atoms with E-state index in [1.54, 1.807) is 18.5 Å². The number of carbonyl (C=O) groups excluding carboxylic acids is 1. The molecule has 0 spiro atoms. The van der Waals surface area contributed by atoms with Crippen molar-refractivity contribution in [3.8, 4) is 0 Å². The van der Waals surface area contributed by atoms with Crippen molar-refractivity contribution in [3.63, 3.8) is 0 Å². The van der Waals surface area contributed by atoms with Crippen molar-refractivity contribution in [2.75, 3.05) is 37.6 Å². The van der Waals surface area contributed by atoms with Crippen LogP contribution in [0.2, 0.25) is 0 Å². The molecule has 228 valence electrons. The van der Waals surface area contributed by atoms with Gasteiger partial charge in [0, 0.05) is 63.8 Å². The van der Waals surface area contributed by atoms with E-state index in [1.165, 1.54) is 50.1 Å². The predicted molar refractivity (Wildman–Crippen MR) is 161 cm³/mol. The fourth-order valence-electron chi connectivity index (χ4n) is 7.15. The number of fused-ring (bicyclic) bond motifs is 1. The van der Waals surface area contributed by atoms with E-state index in [4.69, 9.17) is 0 Å². The second-order valence-electron chi connectivity index (χ2n) is 12.5. The SMILES string of the molecule is CC1CN(c2cncnc2)Cc2cc(C(=O)Cc3cc(CN4CCN(C5CCCCC5)CC4)cc(C(F)(F)F)c3)ccc21. The van der Waals surface area contributed by atoms with Crippen LogP contribution in [0.25, 0.3) is 0 Å². The van der Waals surface area contributed by atoms with Gasteiger partial charge in [-0.3, -0.25) is 14.6 Å². The first kappa shape index (κ1) is 29.8. The van der Waals surface area contributed by atoms with Crippen molar-refractivity contribution in [2.24, 2.45) is 0 Å². The second kappa shape index (κ2) is 12.7. The van der Waals surface area contributed by atoms with Gasteiger partial charge in [-0.2, -0.15) is 13.2 Å². The maximum Gasteiger partial charge on any atom is 0.416 e. The molecule has 0 bridgehead atoms. The van der Waals surface area contributed by atoms with E-state index in [2.05, 4.69) is 31.6 Å². The van der Waals surface area contributed by atoms with Crippen LogP contribution in [-0.4, -0.2) is 64.3 Å². The third-order valence-electron chi connectivity index (χ3n) is 9.41. The lowest BCUT2D eigenvalue weighted by molar-refractivity contribution is -0.137. The Kier molecular flexibility index (Phi) is 8.82. The molecule has 43 heavy (non-hydrogen) atoms. The highest BCUT2D eigenvalue weighted by molar-refractivity contribution is 5.97. The Morgan fingerprint density at radius 3 is 2.37 bits per heavy atom. The molecule has 1 unspecified atom stereocenters. The van der Waals surface area contributed by atoms with Gasteiger partial charge < -0.3 is 4.90 Å². The first-order valence-electron chi connectivity index (χ1n) is 15.6. The Labute approximate surface area is 251 Å². The average Bonchev–Trinajstić information content (AvgIpc) is 3.01. The molecule has 0 amide bonds. The topological polar surface area (TPSA) is 52.6 Å². The second-order valence-corrected chi connectivity index (χ2v) is 12.5. The number of rotatable bonds is 7. The van der Waals surface area contributed by atoms with Crippen LogP contribution in [0.4, 0.5) is 18.9 Å². The molecule has 2 fully saturated rings. The van der Waals surface area contributed by atoms with Gasteiger partial charge in [-0.05, 0) is 59.2 Å². The van der Waals surface area contributed by atoms with Crippen molar-refractivity contribution >= 4 is 11.5 Å². The Bertz CT molecular complexity index is 1420. The van der Waals surface area contributed by atoms with Gasteiger partial charge in [-0.1, -0.05) is 44.4 Å². The summed E-state index contributed by atoms with van der Waals surface area (Å²) in [6.07, 6.45) is 6.94. The first-order chi connectivity index (χ1) is 20.7. The molecule has 2 aromatic carbocycles. The molecule has 3 aromatic rings. The molecular weight excluding hydrogens is 551 g/mol. The normalized spacial score (nSPS) is 20.7. The standard InChI is InChI=1S/C34H40F3N5O/c1-24-20-42(31-18-38-23-39-19-31)22-28-17-27(7-8-32(24)28)33(43)16-25-13-26(15-29(14-25)34(35,36)37)21-40-9-11-41(12-10-40)30-5-3-2-4-6-30/h7-8,13-15,17-19,23-24,30H,2-6,9-12,16,20-22H2,1H3. The maximum atomic E-state index is 13.9.